The number of hydrogen-bond donors (Lipinski definition) is 0. The largest absolute Gasteiger partial charge is 0.289 e. The summed E-state index contributed by atoms with van der Waals surface area (Å²) in [7, 11) is 0. The van der Waals surface area contributed by atoms with Crippen molar-refractivity contribution >= 4 is 21.9 Å². The number of hydrogen-bond acceptors (Lipinski definition) is 3. The summed E-state index contributed by atoms with van der Waals surface area (Å²) >= 11 is 0. The zero-order chi connectivity index (χ0) is 32.8. The highest BCUT2D eigenvalue weighted by Gasteiger charge is 2.50. The molecule has 4 heteroatoms. The third kappa shape index (κ3) is 3.57. The zero-order valence-corrected chi connectivity index (χ0v) is 27.0. The Hall–Kier alpha value is -6.65. The highest BCUT2D eigenvalue weighted by molar-refractivity contribution is 5.98. The van der Waals surface area contributed by atoms with Crippen LogP contribution >= 0.6 is 0 Å². The molecule has 7 aromatic carbocycles. The lowest BCUT2D eigenvalue weighted by molar-refractivity contribution is 0.745. The van der Waals surface area contributed by atoms with E-state index in [-0.39, 0.29) is 0 Å². The molecule has 0 saturated heterocycles. The number of imidazole rings is 1. The molecule has 11 rings (SSSR count). The second-order valence-electron chi connectivity index (χ2n) is 13.2. The first-order valence-electron chi connectivity index (χ1n) is 17.0. The van der Waals surface area contributed by atoms with Gasteiger partial charge in [0.2, 0.25) is 0 Å². The van der Waals surface area contributed by atoms with E-state index in [1.165, 1.54) is 44.5 Å². The van der Waals surface area contributed by atoms with Crippen LogP contribution in [0, 0.1) is 0 Å². The first-order valence-corrected chi connectivity index (χ1v) is 17.0. The van der Waals surface area contributed by atoms with Gasteiger partial charge in [-0.25, -0.2) is 15.0 Å². The third-order valence-corrected chi connectivity index (χ3v) is 10.7. The topological polar surface area (TPSA) is 43.6 Å². The van der Waals surface area contributed by atoms with Crippen LogP contribution in [0.2, 0.25) is 0 Å². The molecular formula is C46H28N4. The van der Waals surface area contributed by atoms with Gasteiger partial charge >= 0.3 is 0 Å². The van der Waals surface area contributed by atoms with Crippen molar-refractivity contribution in [2.75, 3.05) is 0 Å². The van der Waals surface area contributed by atoms with Gasteiger partial charge < -0.3 is 0 Å². The molecule has 0 bridgehead atoms. The lowest BCUT2D eigenvalue weighted by Gasteiger charge is -2.39. The molecule has 2 aromatic heterocycles. The molecule has 50 heavy (non-hydrogen) atoms. The van der Waals surface area contributed by atoms with Gasteiger partial charge in [-0.15, -0.1) is 0 Å². The predicted octanol–water partition coefficient (Wildman–Crippen LogP) is 10.6. The summed E-state index contributed by atoms with van der Waals surface area (Å²) < 4.78 is 2.31. The van der Waals surface area contributed by atoms with Crippen molar-refractivity contribution in [3.8, 4) is 50.8 Å². The van der Waals surface area contributed by atoms with Crippen LogP contribution in [0.1, 0.15) is 22.3 Å². The molecule has 1 aliphatic carbocycles. The van der Waals surface area contributed by atoms with Crippen molar-refractivity contribution in [1.29, 1.82) is 0 Å². The second kappa shape index (κ2) is 10.2. The molecule has 9 aromatic rings. The van der Waals surface area contributed by atoms with Crippen molar-refractivity contribution < 1.29 is 0 Å². The minimum atomic E-state index is -0.480. The fourth-order valence-corrected chi connectivity index (χ4v) is 8.61. The van der Waals surface area contributed by atoms with Crippen molar-refractivity contribution in [2.24, 2.45) is 0 Å². The Balaban J connectivity index is 1.19. The summed E-state index contributed by atoms with van der Waals surface area (Å²) in [5, 5.41) is 1.01. The number of aromatic nitrogens is 4. The van der Waals surface area contributed by atoms with Crippen LogP contribution in [-0.2, 0) is 5.41 Å². The Labute approximate surface area is 289 Å². The van der Waals surface area contributed by atoms with Crippen LogP contribution in [-0.4, -0.2) is 19.5 Å². The zero-order valence-electron chi connectivity index (χ0n) is 27.0. The van der Waals surface area contributed by atoms with Gasteiger partial charge in [-0.1, -0.05) is 152 Å². The Morgan fingerprint density at radius 2 is 0.980 bits per heavy atom. The van der Waals surface area contributed by atoms with Crippen LogP contribution < -0.4 is 0 Å². The summed E-state index contributed by atoms with van der Waals surface area (Å²) in [6.07, 6.45) is 0. The van der Waals surface area contributed by atoms with Gasteiger partial charge in [-0.3, -0.25) is 4.57 Å². The van der Waals surface area contributed by atoms with Crippen LogP contribution in [0.25, 0.3) is 72.8 Å². The van der Waals surface area contributed by atoms with E-state index < -0.39 is 5.41 Å². The van der Waals surface area contributed by atoms with Gasteiger partial charge in [0.05, 0.1) is 33.3 Å². The maximum Gasteiger partial charge on any atom is 0.197 e. The van der Waals surface area contributed by atoms with E-state index in [0.717, 1.165) is 44.7 Å². The predicted molar refractivity (Wildman–Crippen MR) is 201 cm³/mol. The smallest absolute Gasteiger partial charge is 0.197 e. The Morgan fingerprint density at radius 1 is 0.400 bits per heavy atom. The molecule has 0 unspecified atom stereocenters. The van der Waals surface area contributed by atoms with Gasteiger partial charge in [0.15, 0.2) is 11.6 Å². The Morgan fingerprint density at radius 3 is 1.76 bits per heavy atom. The fraction of sp³-hybridized carbons (Fsp3) is 0.0217. The number of nitrogens with zero attached hydrogens (tertiary/aromatic N) is 4. The Bertz CT molecular complexity index is 2770. The number of rotatable bonds is 3. The lowest BCUT2D eigenvalue weighted by Crippen LogP contribution is -2.33. The van der Waals surface area contributed by atoms with E-state index in [2.05, 4.69) is 162 Å². The first-order chi connectivity index (χ1) is 24.8. The molecule has 0 N–H and O–H groups in total. The van der Waals surface area contributed by atoms with Crippen molar-refractivity contribution in [2.45, 2.75) is 5.41 Å². The van der Waals surface area contributed by atoms with E-state index in [4.69, 9.17) is 15.0 Å². The standard InChI is InChI=1S/C46H28N4/c1-2-13-29(14-3-1)30-25-27-31(28-26-30)42-34-17-6-10-22-39(34)47-44(49-42)45-48-40-23-12-21-38-43(40)50(45)41-24-11-9-20-37(41)46(38)35-18-7-4-15-32(35)33-16-5-8-19-36(33)46/h1-28H. The van der Waals surface area contributed by atoms with Gasteiger partial charge in [-0.2, -0.15) is 0 Å². The average molecular weight is 637 g/mol. The fourth-order valence-electron chi connectivity index (χ4n) is 8.61. The van der Waals surface area contributed by atoms with Gasteiger partial charge in [0.1, 0.15) is 0 Å². The lowest BCUT2D eigenvalue weighted by atomic mass is 9.65. The third-order valence-electron chi connectivity index (χ3n) is 10.7. The molecule has 2 aliphatic rings. The van der Waals surface area contributed by atoms with Crippen molar-refractivity contribution in [3.63, 3.8) is 0 Å². The molecular weight excluding hydrogens is 609 g/mol. The maximum absolute atomic E-state index is 5.35. The van der Waals surface area contributed by atoms with Gasteiger partial charge in [0.25, 0.3) is 0 Å². The van der Waals surface area contributed by atoms with E-state index >= 15 is 0 Å². The molecule has 3 heterocycles. The average Bonchev–Trinajstić information content (AvgIpc) is 3.72. The van der Waals surface area contributed by atoms with E-state index in [0.29, 0.717) is 5.82 Å². The van der Waals surface area contributed by atoms with Gasteiger partial charge in [0, 0.05) is 10.9 Å². The SMILES string of the molecule is c1ccc(-c2ccc(-c3nc(-c4nc5cccc6c5n4-c4ccccc4C64c5ccccc5-c5ccccc54)nc4ccccc34)cc2)cc1. The molecule has 1 spiro atoms. The number of fused-ring (bicyclic) bond motifs is 10. The quantitative estimate of drug-likeness (QED) is 0.194. The van der Waals surface area contributed by atoms with Crippen molar-refractivity contribution in [3.05, 3.63) is 192 Å². The summed E-state index contributed by atoms with van der Waals surface area (Å²) in [6.45, 7) is 0. The Kier molecular flexibility index (Phi) is 5.56. The maximum atomic E-state index is 5.35. The minimum absolute atomic E-state index is 0.480. The number of para-hydroxylation sites is 3. The van der Waals surface area contributed by atoms with Crippen LogP contribution in [0.3, 0.4) is 0 Å². The molecule has 0 atom stereocenters. The summed E-state index contributed by atoms with van der Waals surface area (Å²) in [5.41, 5.74) is 15.5. The van der Waals surface area contributed by atoms with Gasteiger partial charge in [-0.05, 0) is 62.7 Å². The van der Waals surface area contributed by atoms with Crippen LogP contribution in [0.5, 0.6) is 0 Å². The summed E-state index contributed by atoms with van der Waals surface area (Å²) in [4.78, 5) is 15.9. The molecule has 0 saturated carbocycles. The normalized spacial score (nSPS) is 13.4. The highest BCUT2D eigenvalue weighted by Crippen LogP contribution is 2.60. The molecule has 0 radical (unpaired) electrons. The highest BCUT2D eigenvalue weighted by atomic mass is 15.1. The van der Waals surface area contributed by atoms with E-state index in [9.17, 15) is 0 Å². The summed E-state index contributed by atoms with van der Waals surface area (Å²) in [6, 6.07) is 60.6. The number of benzene rings is 7. The molecule has 232 valence electrons. The monoisotopic (exact) mass is 636 g/mol. The molecule has 4 nitrogen and oxygen atoms in total. The summed E-state index contributed by atoms with van der Waals surface area (Å²) in [5.74, 6) is 1.34. The second-order valence-corrected chi connectivity index (χ2v) is 13.2. The molecule has 1 aliphatic heterocycles. The van der Waals surface area contributed by atoms with E-state index in [1.807, 2.05) is 12.1 Å². The molecule has 0 fully saturated rings. The van der Waals surface area contributed by atoms with Crippen molar-refractivity contribution in [1.82, 2.24) is 19.5 Å². The van der Waals surface area contributed by atoms with E-state index in [1.54, 1.807) is 0 Å². The van der Waals surface area contributed by atoms with Crippen LogP contribution in [0.15, 0.2) is 170 Å². The minimum Gasteiger partial charge on any atom is -0.289 e. The first kappa shape index (κ1) is 27.3. The molecule has 0 amide bonds. The van der Waals surface area contributed by atoms with Crippen LogP contribution in [0.4, 0.5) is 0 Å².